The van der Waals surface area contributed by atoms with E-state index >= 15 is 0 Å². The maximum atomic E-state index is 11.9. The summed E-state index contributed by atoms with van der Waals surface area (Å²) in [4.78, 5) is 13.4. The van der Waals surface area contributed by atoms with Crippen molar-refractivity contribution < 1.29 is 9.53 Å². The minimum atomic E-state index is -0.186. The number of amides is 1. The van der Waals surface area contributed by atoms with Crippen molar-refractivity contribution >= 4 is 29.1 Å². The maximum Gasteiger partial charge on any atom is 0.260 e. The second-order valence-corrected chi connectivity index (χ2v) is 4.51. The molecule has 0 atom stereocenters. The van der Waals surface area contributed by atoms with Gasteiger partial charge in [-0.25, -0.2) is 0 Å². The Hall–Kier alpha value is -1.44. The van der Waals surface area contributed by atoms with Crippen LogP contribution in [-0.2, 0) is 4.79 Å². The van der Waals surface area contributed by atoms with Crippen LogP contribution in [0, 0.1) is 11.3 Å². The highest BCUT2D eigenvalue weighted by Gasteiger charge is 2.13. The van der Waals surface area contributed by atoms with Crippen LogP contribution in [0.5, 0.6) is 5.75 Å². The lowest BCUT2D eigenvalue weighted by Crippen LogP contribution is -2.35. The van der Waals surface area contributed by atoms with E-state index in [0.29, 0.717) is 30.3 Å². The van der Waals surface area contributed by atoms with Crippen molar-refractivity contribution in [2.75, 3.05) is 19.7 Å². The van der Waals surface area contributed by atoms with Crippen molar-refractivity contribution in [3.05, 3.63) is 28.2 Å². The van der Waals surface area contributed by atoms with E-state index in [4.69, 9.17) is 33.2 Å². The molecule has 102 valence electrons. The minimum absolute atomic E-state index is 0.126. The molecule has 0 N–H and O–H groups in total. The second kappa shape index (κ2) is 7.88. The molecular weight excluding hydrogens is 287 g/mol. The van der Waals surface area contributed by atoms with Crippen molar-refractivity contribution in [3.63, 3.8) is 0 Å². The maximum absolute atomic E-state index is 11.9. The van der Waals surface area contributed by atoms with Crippen LogP contribution >= 0.6 is 23.2 Å². The van der Waals surface area contributed by atoms with Crippen LogP contribution in [0.2, 0.25) is 10.0 Å². The SMILES string of the molecule is CCN(CCC#N)C(=O)COc1cccc(Cl)c1Cl. The molecule has 1 amide bonds. The third kappa shape index (κ3) is 4.62. The lowest BCUT2D eigenvalue weighted by atomic mass is 10.3. The number of nitriles is 1. The van der Waals surface area contributed by atoms with E-state index in [9.17, 15) is 4.79 Å². The number of carbonyl (C=O) groups is 1. The highest BCUT2D eigenvalue weighted by Crippen LogP contribution is 2.31. The summed E-state index contributed by atoms with van der Waals surface area (Å²) in [5, 5.41) is 9.18. The molecule has 0 aliphatic rings. The standard InChI is InChI=1S/C13H14Cl2N2O2/c1-2-17(8-4-7-16)12(18)9-19-11-6-3-5-10(14)13(11)15/h3,5-6H,2,4,8-9H2,1H3. The number of hydrogen-bond acceptors (Lipinski definition) is 3. The lowest BCUT2D eigenvalue weighted by Gasteiger charge is -2.19. The summed E-state index contributed by atoms with van der Waals surface area (Å²) >= 11 is 11.8. The van der Waals surface area contributed by atoms with Crippen LogP contribution in [0.15, 0.2) is 18.2 Å². The van der Waals surface area contributed by atoms with Gasteiger partial charge in [-0.15, -0.1) is 0 Å². The Bertz CT molecular complexity index is 486. The Morgan fingerprint density at radius 1 is 1.47 bits per heavy atom. The zero-order chi connectivity index (χ0) is 14.3. The van der Waals surface area contributed by atoms with Gasteiger partial charge in [-0.2, -0.15) is 5.26 Å². The van der Waals surface area contributed by atoms with Crippen molar-refractivity contribution in [1.29, 1.82) is 5.26 Å². The molecule has 0 aliphatic heterocycles. The van der Waals surface area contributed by atoms with Crippen molar-refractivity contribution in [3.8, 4) is 11.8 Å². The first-order chi connectivity index (χ1) is 9.10. The van der Waals surface area contributed by atoms with Crippen LogP contribution in [0.25, 0.3) is 0 Å². The Balaban J connectivity index is 2.58. The first-order valence-electron chi connectivity index (χ1n) is 5.81. The number of halogens is 2. The summed E-state index contributed by atoms with van der Waals surface area (Å²) in [5.74, 6) is 0.188. The third-order valence-corrected chi connectivity index (χ3v) is 3.30. The van der Waals surface area contributed by atoms with Gasteiger partial charge in [0.25, 0.3) is 5.91 Å². The Kier molecular flexibility index (Phi) is 6.48. The van der Waals surface area contributed by atoms with Gasteiger partial charge >= 0.3 is 0 Å². The fourth-order valence-corrected chi connectivity index (χ4v) is 1.82. The fraction of sp³-hybridized carbons (Fsp3) is 0.385. The van der Waals surface area contributed by atoms with Gasteiger partial charge in [0.05, 0.1) is 17.5 Å². The van der Waals surface area contributed by atoms with Crippen LogP contribution in [-0.4, -0.2) is 30.5 Å². The number of ether oxygens (including phenoxy) is 1. The summed E-state index contributed by atoms with van der Waals surface area (Å²) in [7, 11) is 0. The van der Waals surface area contributed by atoms with Gasteiger partial charge in [-0.05, 0) is 19.1 Å². The minimum Gasteiger partial charge on any atom is -0.482 e. The van der Waals surface area contributed by atoms with Gasteiger partial charge in [0, 0.05) is 13.1 Å². The van der Waals surface area contributed by atoms with E-state index in [1.54, 1.807) is 23.1 Å². The largest absolute Gasteiger partial charge is 0.482 e. The van der Waals surface area contributed by atoms with E-state index in [2.05, 4.69) is 0 Å². The molecule has 0 aliphatic carbocycles. The lowest BCUT2D eigenvalue weighted by molar-refractivity contribution is -0.133. The van der Waals surface area contributed by atoms with Gasteiger partial charge in [-0.1, -0.05) is 29.3 Å². The van der Waals surface area contributed by atoms with E-state index in [1.165, 1.54) is 0 Å². The monoisotopic (exact) mass is 300 g/mol. The summed E-state index contributed by atoms with van der Waals surface area (Å²) in [6, 6.07) is 6.99. The van der Waals surface area contributed by atoms with Crippen LogP contribution in [0.1, 0.15) is 13.3 Å². The summed E-state index contributed by atoms with van der Waals surface area (Å²) in [6.07, 6.45) is 0.303. The third-order valence-electron chi connectivity index (χ3n) is 2.50. The highest BCUT2D eigenvalue weighted by atomic mass is 35.5. The first kappa shape index (κ1) is 15.6. The molecule has 1 aromatic rings. The number of likely N-dealkylation sites (N-methyl/N-ethyl adjacent to an activating group) is 1. The van der Waals surface area contributed by atoms with Gasteiger partial charge in [0.1, 0.15) is 10.8 Å². The molecule has 4 nitrogen and oxygen atoms in total. The number of carbonyl (C=O) groups excluding carboxylic acids is 1. The number of nitrogens with zero attached hydrogens (tertiary/aromatic N) is 2. The molecule has 0 aromatic heterocycles. The molecular formula is C13H14Cl2N2O2. The molecule has 0 spiro atoms. The van der Waals surface area contributed by atoms with Crippen LogP contribution in [0.3, 0.4) is 0 Å². The first-order valence-corrected chi connectivity index (χ1v) is 6.57. The van der Waals surface area contributed by atoms with Gasteiger partial charge < -0.3 is 9.64 Å². The van der Waals surface area contributed by atoms with Crippen molar-refractivity contribution in [2.24, 2.45) is 0 Å². The Labute approximate surface area is 122 Å². The molecule has 0 fully saturated rings. The topological polar surface area (TPSA) is 53.3 Å². The molecule has 0 heterocycles. The Morgan fingerprint density at radius 3 is 2.84 bits per heavy atom. The second-order valence-electron chi connectivity index (χ2n) is 3.72. The van der Waals surface area contributed by atoms with Gasteiger partial charge in [-0.3, -0.25) is 4.79 Å². The summed E-state index contributed by atoms with van der Waals surface area (Å²) < 4.78 is 5.35. The predicted molar refractivity (Wildman–Crippen MR) is 74.4 cm³/mol. The molecule has 6 heteroatoms. The van der Waals surface area contributed by atoms with Crippen molar-refractivity contribution in [2.45, 2.75) is 13.3 Å². The molecule has 0 saturated carbocycles. The molecule has 1 rings (SSSR count). The average molecular weight is 301 g/mol. The molecule has 0 unspecified atom stereocenters. The van der Waals surface area contributed by atoms with E-state index < -0.39 is 0 Å². The van der Waals surface area contributed by atoms with Crippen LogP contribution < -0.4 is 4.74 Å². The van der Waals surface area contributed by atoms with Crippen molar-refractivity contribution in [1.82, 2.24) is 4.90 Å². The number of rotatable bonds is 6. The zero-order valence-corrected chi connectivity index (χ0v) is 12.0. The van der Waals surface area contributed by atoms with E-state index in [0.717, 1.165) is 0 Å². The predicted octanol–water partition coefficient (Wildman–Crippen LogP) is 3.13. The normalized spacial score (nSPS) is 9.79. The zero-order valence-electron chi connectivity index (χ0n) is 10.5. The molecule has 0 bridgehead atoms. The van der Waals surface area contributed by atoms with E-state index in [1.807, 2.05) is 13.0 Å². The average Bonchev–Trinajstić information content (AvgIpc) is 2.41. The smallest absolute Gasteiger partial charge is 0.260 e. The van der Waals surface area contributed by atoms with Gasteiger partial charge in [0.2, 0.25) is 0 Å². The van der Waals surface area contributed by atoms with E-state index in [-0.39, 0.29) is 17.5 Å². The number of hydrogen-bond donors (Lipinski definition) is 0. The molecule has 19 heavy (non-hydrogen) atoms. The van der Waals surface area contributed by atoms with Crippen LogP contribution in [0.4, 0.5) is 0 Å². The molecule has 0 saturated heterocycles. The quantitative estimate of drug-likeness (QED) is 0.811. The molecule has 1 aromatic carbocycles. The summed E-state index contributed by atoms with van der Waals surface area (Å²) in [5.41, 5.74) is 0. The summed E-state index contributed by atoms with van der Waals surface area (Å²) in [6.45, 7) is 2.66. The van der Waals surface area contributed by atoms with Gasteiger partial charge in [0.15, 0.2) is 6.61 Å². The fourth-order valence-electron chi connectivity index (χ4n) is 1.47. The highest BCUT2D eigenvalue weighted by molar-refractivity contribution is 6.42. The molecule has 0 radical (unpaired) electrons. The number of benzene rings is 1. The Morgan fingerprint density at radius 2 is 2.21 bits per heavy atom.